The van der Waals surface area contributed by atoms with E-state index in [1.165, 1.54) is 0 Å². The molecule has 0 saturated carbocycles. The number of hydrogen-bond acceptors (Lipinski definition) is 2. The first-order chi connectivity index (χ1) is 7.61. The van der Waals surface area contributed by atoms with Gasteiger partial charge in [0.05, 0.1) is 10.5 Å². The van der Waals surface area contributed by atoms with E-state index in [1.54, 1.807) is 0 Å². The molecule has 0 bridgehead atoms. The lowest BCUT2D eigenvalue weighted by Crippen LogP contribution is -2.16. The first-order valence-electron chi connectivity index (χ1n) is 5.23. The summed E-state index contributed by atoms with van der Waals surface area (Å²) in [5.74, 6) is 0.930. The second-order valence-corrected chi connectivity index (χ2v) is 5.02. The van der Waals surface area contributed by atoms with Gasteiger partial charge in [0.25, 0.3) is 0 Å². The van der Waals surface area contributed by atoms with Gasteiger partial charge >= 0.3 is 0 Å². The summed E-state index contributed by atoms with van der Waals surface area (Å²) in [6.45, 7) is 5.07. The van der Waals surface area contributed by atoms with Crippen LogP contribution >= 0.6 is 27.5 Å². The van der Waals surface area contributed by atoms with E-state index in [1.807, 2.05) is 18.2 Å². The van der Waals surface area contributed by atoms with E-state index in [9.17, 15) is 0 Å². The molecule has 2 aromatic rings. The highest BCUT2D eigenvalue weighted by molar-refractivity contribution is 9.10. The van der Waals surface area contributed by atoms with Gasteiger partial charge in [-0.2, -0.15) is 0 Å². The molecule has 0 aliphatic heterocycles. The van der Waals surface area contributed by atoms with Gasteiger partial charge in [-0.25, -0.2) is 0 Å². The summed E-state index contributed by atoms with van der Waals surface area (Å²) >= 11 is 9.44. The molecule has 86 valence electrons. The van der Waals surface area contributed by atoms with Gasteiger partial charge in [-0.3, -0.25) is 0 Å². The largest absolute Gasteiger partial charge is 0.458 e. The highest BCUT2D eigenvalue weighted by atomic mass is 79.9. The van der Waals surface area contributed by atoms with E-state index in [4.69, 9.17) is 16.0 Å². The third-order valence-electron chi connectivity index (χ3n) is 2.49. The van der Waals surface area contributed by atoms with Crippen LogP contribution in [-0.2, 0) is 0 Å². The third kappa shape index (κ3) is 2.26. The Bertz CT molecular complexity index is 509. The molecular weight excluding hydrogens is 289 g/mol. The summed E-state index contributed by atoms with van der Waals surface area (Å²) in [5, 5.41) is 5.05. The smallest absolute Gasteiger partial charge is 0.148 e. The van der Waals surface area contributed by atoms with Crippen molar-refractivity contribution in [2.24, 2.45) is 0 Å². The van der Waals surface area contributed by atoms with Crippen LogP contribution in [0.2, 0.25) is 5.02 Å². The lowest BCUT2D eigenvalue weighted by molar-refractivity contribution is 0.459. The maximum absolute atomic E-state index is 5.99. The number of furan rings is 1. The van der Waals surface area contributed by atoms with Crippen molar-refractivity contribution in [1.82, 2.24) is 5.32 Å². The predicted octanol–water partition coefficient (Wildman–Crippen LogP) is 4.52. The number of nitrogens with one attached hydrogen (secondary N) is 1. The minimum atomic E-state index is 0.211. The fourth-order valence-corrected chi connectivity index (χ4v) is 2.63. The number of rotatable bonds is 3. The second-order valence-electron chi connectivity index (χ2n) is 3.73. The normalized spacial score (nSPS) is 13.2. The molecule has 1 N–H and O–H groups in total. The molecule has 0 radical (unpaired) electrons. The van der Waals surface area contributed by atoms with Crippen LogP contribution in [-0.4, -0.2) is 6.54 Å². The molecule has 16 heavy (non-hydrogen) atoms. The van der Waals surface area contributed by atoms with Crippen molar-refractivity contribution < 1.29 is 4.42 Å². The summed E-state index contributed by atoms with van der Waals surface area (Å²) in [6, 6.07) is 5.99. The Kier molecular flexibility index (Phi) is 3.57. The lowest BCUT2D eigenvalue weighted by Gasteiger charge is -2.07. The lowest BCUT2D eigenvalue weighted by atomic mass is 10.2. The van der Waals surface area contributed by atoms with Crippen LogP contribution in [0.15, 0.2) is 27.1 Å². The Morgan fingerprint density at radius 1 is 1.44 bits per heavy atom. The van der Waals surface area contributed by atoms with Crippen molar-refractivity contribution in [2.45, 2.75) is 19.9 Å². The zero-order chi connectivity index (χ0) is 11.7. The standard InChI is InChI=1S/C12H13BrClNO/c1-3-15-7(2)11-5-8-4-9(14)6-10(13)12(8)16-11/h4-7,15H,3H2,1-2H3. The van der Waals surface area contributed by atoms with Gasteiger partial charge in [0.1, 0.15) is 11.3 Å². The highest BCUT2D eigenvalue weighted by Crippen LogP contribution is 2.32. The number of hydrogen-bond donors (Lipinski definition) is 1. The van der Waals surface area contributed by atoms with Crippen LogP contribution in [0.1, 0.15) is 25.6 Å². The molecular formula is C12H13BrClNO. The van der Waals surface area contributed by atoms with E-state index < -0.39 is 0 Å². The van der Waals surface area contributed by atoms with Gasteiger partial charge in [-0.05, 0) is 47.6 Å². The molecule has 0 spiro atoms. The maximum atomic E-state index is 5.99. The molecule has 0 amide bonds. The third-order valence-corrected chi connectivity index (χ3v) is 3.30. The van der Waals surface area contributed by atoms with Crippen LogP contribution in [0.5, 0.6) is 0 Å². The number of benzene rings is 1. The van der Waals surface area contributed by atoms with E-state index in [0.29, 0.717) is 5.02 Å². The predicted molar refractivity (Wildman–Crippen MR) is 71.0 cm³/mol. The quantitative estimate of drug-likeness (QED) is 0.902. The summed E-state index contributed by atoms with van der Waals surface area (Å²) < 4.78 is 6.69. The van der Waals surface area contributed by atoms with E-state index in [0.717, 1.165) is 27.7 Å². The summed E-state index contributed by atoms with van der Waals surface area (Å²) in [6.07, 6.45) is 0. The molecule has 1 atom stereocenters. The van der Waals surface area contributed by atoms with Crippen LogP contribution < -0.4 is 5.32 Å². The minimum Gasteiger partial charge on any atom is -0.458 e. The zero-order valence-electron chi connectivity index (χ0n) is 9.18. The molecule has 1 unspecified atom stereocenters. The average Bonchev–Trinajstić information content (AvgIpc) is 2.62. The van der Waals surface area contributed by atoms with Gasteiger partial charge in [-0.15, -0.1) is 0 Å². The van der Waals surface area contributed by atoms with Crippen LogP contribution in [0.25, 0.3) is 11.0 Å². The highest BCUT2D eigenvalue weighted by Gasteiger charge is 2.12. The monoisotopic (exact) mass is 301 g/mol. The Balaban J connectivity index is 2.47. The van der Waals surface area contributed by atoms with Gasteiger partial charge in [-0.1, -0.05) is 18.5 Å². The van der Waals surface area contributed by atoms with Gasteiger partial charge in [0.15, 0.2) is 0 Å². The summed E-state index contributed by atoms with van der Waals surface area (Å²) in [4.78, 5) is 0. The van der Waals surface area contributed by atoms with Crippen molar-refractivity contribution >= 4 is 38.5 Å². The summed E-state index contributed by atoms with van der Waals surface area (Å²) in [5.41, 5.74) is 0.851. The van der Waals surface area contributed by atoms with Crippen molar-refractivity contribution in [3.05, 3.63) is 33.5 Å². The maximum Gasteiger partial charge on any atom is 0.148 e. The first kappa shape index (κ1) is 12.0. The van der Waals surface area contributed by atoms with Crippen molar-refractivity contribution in [2.75, 3.05) is 6.54 Å². The van der Waals surface area contributed by atoms with Crippen molar-refractivity contribution in [3.8, 4) is 0 Å². The fraction of sp³-hybridized carbons (Fsp3) is 0.333. The summed E-state index contributed by atoms with van der Waals surface area (Å²) in [7, 11) is 0. The first-order valence-corrected chi connectivity index (χ1v) is 6.40. The molecule has 2 rings (SSSR count). The molecule has 2 nitrogen and oxygen atoms in total. The van der Waals surface area contributed by atoms with E-state index >= 15 is 0 Å². The van der Waals surface area contributed by atoms with Crippen LogP contribution in [0, 0.1) is 0 Å². The molecule has 1 aromatic heterocycles. The van der Waals surface area contributed by atoms with Crippen LogP contribution in [0.3, 0.4) is 0 Å². The molecule has 0 fully saturated rings. The van der Waals surface area contributed by atoms with Gasteiger partial charge < -0.3 is 9.73 Å². The average molecular weight is 303 g/mol. The Morgan fingerprint density at radius 2 is 2.19 bits per heavy atom. The van der Waals surface area contributed by atoms with Crippen molar-refractivity contribution in [3.63, 3.8) is 0 Å². The molecule has 1 heterocycles. The topological polar surface area (TPSA) is 25.2 Å². The minimum absolute atomic E-state index is 0.211. The number of halogens is 2. The second kappa shape index (κ2) is 4.78. The molecule has 4 heteroatoms. The zero-order valence-corrected chi connectivity index (χ0v) is 11.5. The van der Waals surface area contributed by atoms with Crippen molar-refractivity contribution in [1.29, 1.82) is 0 Å². The fourth-order valence-electron chi connectivity index (χ4n) is 1.72. The molecule has 1 aromatic carbocycles. The Hall–Kier alpha value is -0.510. The molecule has 0 aliphatic carbocycles. The van der Waals surface area contributed by atoms with E-state index in [-0.39, 0.29) is 6.04 Å². The SMILES string of the molecule is CCNC(C)c1cc2cc(Cl)cc(Br)c2o1. The van der Waals surface area contributed by atoms with Gasteiger partial charge in [0.2, 0.25) is 0 Å². The molecule has 0 saturated heterocycles. The molecule has 0 aliphatic rings. The van der Waals surface area contributed by atoms with E-state index in [2.05, 4.69) is 35.1 Å². The Morgan fingerprint density at radius 3 is 2.88 bits per heavy atom. The van der Waals surface area contributed by atoms with Gasteiger partial charge in [0, 0.05) is 10.4 Å². The Labute approximate surface area is 108 Å². The van der Waals surface area contributed by atoms with Crippen LogP contribution in [0.4, 0.5) is 0 Å². The number of fused-ring (bicyclic) bond motifs is 1.